The molecule has 1 aromatic heterocycles. The van der Waals surface area contributed by atoms with Crippen molar-refractivity contribution >= 4 is 11.7 Å². The van der Waals surface area contributed by atoms with Crippen LogP contribution in [0.1, 0.15) is 20.3 Å². The molecule has 122 valence electrons. The minimum absolute atomic E-state index is 0.0465. The van der Waals surface area contributed by atoms with E-state index in [1.807, 2.05) is 0 Å². The molecule has 1 N–H and O–H groups in total. The highest BCUT2D eigenvalue weighted by Gasteiger charge is 2.14. The zero-order chi connectivity index (χ0) is 15.9. The monoisotopic (exact) mass is 308 g/mol. The molecule has 7 heteroatoms. The molecular formula is C15H24N4O3. The molecule has 0 radical (unpaired) electrons. The van der Waals surface area contributed by atoms with E-state index in [0.29, 0.717) is 31.5 Å². The van der Waals surface area contributed by atoms with Crippen LogP contribution in [-0.4, -0.2) is 48.5 Å². The Balaban J connectivity index is 1.97. The average molecular weight is 308 g/mol. The molecule has 1 fully saturated rings. The van der Waals surface area contributed by atoms with E-state index in [9.17, 15) is 9.59 Å². The third-order valence-electron chi connectivity index (χ3n) is 3.52. The molecule has 1 saturated heterocycles. The van der Waals surface area contributed by atoms with Gasteiger partial charge in [-0.25, -0.2) is 4.68 Å². The van der Waals surface area contributed by atoms with Crippen LogP contribution in [0, 0.1) is 5.92 Å². The van der Waals surface area contributed by atoms with Crippen LogP contribution >= 0.6 is 0 Å². The van der Waals surface area contributed by atoms with Crippen molar-refractivity contribution in [3.05, 3.63) is 22.5 Å². The van der Waals surface area contributed by atoms with Crippen molar-refractivity contribution < 1.29 is 9.53 Å². The van der Waals surface area contributed by atoms with E-state index in [1.54, 1.807) is 6.07 Å². The quantitative estimate of drug-likeness (QED) is 0.815. The summed E-state index contributed by atoms with van der Waals surface area (Å²) in [5, 5.41) is 7.11. The van der Waals surface area contributed by atoms with Gasteiger partial charge in [-0.15, -0.1) is 0 Å². The van der Waals surface area contributed by atoms with Gasteiger partial charge in [0.2, 0.25) is 5.91 Å². The summed E-state index contributed by atoms with van der Waals surface area (Å²) in [7, 11) is 0. The molecular weight excluding hydrogens is 284 g/mol. The van der Waals surface area contributed by atoms with Gasteiger partial charge >= 0.3 is 0 Å². The van der Waals surface area contributed by atoms with Crippen LogP contribution in [0.4, 0.5) is 5.82 Å². The van der Waals surface area contributed by atoms with E-state index in [0.717, 1.165) is 19.5 Å². The van der Waals surface area contributed by atoms with Gasteiger partial charge < -0.3 is 15.0 Å². The Morgan fingerprint density at radius 1 is 1.36 bits per heavy atom. The number of nitrogens with zero attached hydrogens (tertiary/aromatic N) is 3. The fourth-order valence-corrected chi connectivity index (χ4v) is 2.20. The second kappa shape index (κ2) is 7.93. The lowest BCUT2D eigenvalue weighted by Crippen LogP contribution is -2.39. The number of morpholine rings is 1. The number of ether oxygens (including phenoxy) is 1. The molecule has 1 aromatic rings. The number of nitrogens with one attached hydrogen (secondary N) is 1. The van der Waals surface area contributed by atoms with Crippen molar-refractivity contribution in [2.24, 2.45) is 5.92 Å². The molecule has 0 unspecified atom stereocenters. The fraction of sp³-hybridized carbons (Fsp3) is 0.667. The molecule has 0 aromatic carbocycles. The SMILES string of the molecule is CC(C)CCNC(=O)Cn1nc(N2CCOCC2)ccc1=O. The van der Waals surface area contributed by atoms with Crippen molar-refractivity contribution in [2.75, 3.05) is 37.7 Å². The maximum Gasteiger partial charge on any atom is 0.267 e. The van der Waals surface area contributed by atoms with Crippen LogP contribution in [0.25, 0.3) is 0 Å². The number of amides is 1. The molecule has 2 rings (SSSR count). The molecule has 0 spiro atoms. The van der Waals surface area contributed by atoms with Gasteiger partial charge in [0.1, 0.15) is 12.4 Å². The van der Waals surface area contributed by atoms with Gasteiger partial charge in [0.25, 0.3) is 5.56 Å². The number of hydrogen-bond acceptors (Lipinski definition) is 5. The standard InChI is InChI=1S/C15H24N4O3/c1-12(2)5-6-16-14(20)11-19-15(21)4-3-13(17-19)18-7-9-22-10-8-18/h3-4,12H,5-11H2,1-2H3,(H,16,20). The Kier molecular flexibility index (Phi) is 5.94. The fourth-order valence-electron chi connectivity index (χ4n) is 2.20. The van der Waals surface area contributed by atoms with Crippen molar-refractivity contribution in [1.29, 1.82) is 0 Å². The molecule has 0 atom stereocenters. The van der Waals surface area contributed by atoms with E-state index in [2.05, 4.69) is 29.2 Å². The first-order chi connectivity index (χ1) is 10.6. The van der Waals surface area contributed by atoms with Crippen molar-refractivity contribution in [2.45, 2.75) is 26.8 Å². The Bertz CT molecular complexity index is 550. The molecule has 0 bridgehead atoms. The highest BCUT2D eigenvalue weighted by atomic mass is 16.5. The molecule has 1 aliphatic rings. The van der Waals surface area contributed by atoms with Crippen LogP contribution < -0.4 is 15.8 Å². The molecule has 0 aliphatic carbocycles. The van der Waals surface area contributed by atoms with Crippen molar-refractivity contribution in [3.8, 4) is 0 Å². The molecule has 1 amide bonds. The molecule has 0 saturated carbocycles. The second-order valence-electron chi connectivity index (χ2n) is 5.82. The summed E-state index contributed by atoms with van der Waals surface area (Å²) < 4.78 is 6.52. The molecule has 7 nitrogen and oxygen atoms in total. The normalized spacial score (nSPS) is 15.1. The summed E-state index contributed by atoms with van der Waals surface area (Å²) in [5.74, 6) is 1.05. The van der Waals surface area contributed by atoms with Crippen molar-refractivity contribution in [1.82, 2.24) is 15.1 Å². The maximum absolute atomic E-state index is 11.9. The van der Waals surface area contributed by atoms with E-state index in [1.165, 1.54) is 10.7 Å². The maximum atomic E-state index is 11.9. The van der Waals surface area contributed by atoms with Gasteiger partial charge in [-0.1, -0.05) is 13.8 Å². The summed E-state index contributed by atoms with van der Waals surface area (Å²) in [5.41, 5.74) is -0.268. The lowest BCUT2D eigenvalue weighted by Gasteiger charge is -2.27. The zero-order valence-corrected chi connectivity index (χ0v) is 13.2. The number of hydrogen-bond donors (Lipinski definition) is 1. The Morgan fingerprint density at radius 3 is 2.77 bits per heavy atom. The lowest BCUT2D eigenvalue weighted by molar-refractivity contribution is -0.121. The Hall–Kier alpha value is -1.89. The molecule has 22 heavy (non-hydrogen) atoms. The first-order valence-electron chi connectivity index (χ1n) is 7.74. The van der Waals surface area contributed by atoms with Crippen LogP contribution in [0.2, 0.25) is 0 Å². The number of rotatable bonds is 6. The van der Waals surface area contributed by atoms with E-state index in [4.69, 9.17) is 4.74 Å². The van der Waals surface area contributed by atoms with E-state index >= 15 is 0 Å². The summed E-state index contributed by atoms with van der Waals surface area (Å²) in [6.07, 6.45) is 0.919. The third kappa shape index (κ3) is 4.84. The number of aromatic nitrogens is 2. The summed E-state index contributed by atoms with van der Waals surface area (Å²) in [6, 6.07) is 3.15. The minimum atomic E-state index is -0.268. The van der Waals surface area contributed by atoms with Crippen LogP contribution in [-0.2, 0) is 16.1 Å². The molecule has 1 aliphatic heterocycles. The first kappa shape index (κ1) is 16.5. The summed E-state index contributed by atoms with van der Waals surface area (Å²) >= 11 is 0. The van der Waals surface area contributed by atoms with Gasteiger partial charge in [0.05, 0.1) is 13.2 Å². The molecule has 2 heterocycles. The van der Waals surface area contributed by atoms with E-state index in [-0.39, 0.29) is 18.0 Å². The van der Waals surface area contributed by atoms with Crippen molar-refractivity contribution in [3.63, 3.8) is 0 Å². The highest BCUT2D eigenvalue weighted by molar-refractivity contribution is 5.75. The largest absolute Gasteiger partial charge is 0.378 e. The average Bonchev–Trinajstić information content (AvgIpc) is 2.50. The number of carbonyl (C=O) groups is 1. The summed E-state index contributed by atoms with van der Waals surface area (Å²) in [4.78, 5) is 25.8. The van der Waals surface area contributed by atoms with Crippen LogP contribution in [0.3, 0.4) is 0 Å². The second-order valence-corrected chi connectivity index (χ2v) is 5.82. The smallest absolute Gasteiger partial charge is 0.267 e. The predicted octanol–water partition coefficient (Wildman–Crippen LogP) is 0.242. The Labute approximate surface area is 130 Å². The van der Waals surface area contributed by atoms with Crippen LogP contribution in [0.5, 0.6) is 0 Å². The van der Waals surface area contributed by atoms with E-state index < -0.39 is 0 Å². The summed E-state index contributed by atoms with van der Waals surface area (Å²) in [6.45, 7) is 7.56. The topological polar surface area (TPSA) is 76.5 Å². The minimum Gasteiger partial charge on any atom is -0.378 e. The Morgan fingerprint density at radius 2 is 2.09 bits per heavy atom. The number of anilines is 1. The zero-order valence-electron chi connectivity index (χ0n) is 13.2. The van der Waals surface area contributed by atoms with Gasteiger partial charge in [-0.05, 0) is 18.4 Å². The van der Waals surface area contributed by atoms with Crippen LogP contribution in [0.15, 0.2) is 16.9 Å². The van der Waals surface area contributed by atoms with Gasteiger partial charge in [0, 0.05) is 25.7 Å². The predicted molar refractivity (Wildman–Crippen MR) is 84.0 cm³/mol. The van der Waals surface area contributed by atoms with Gasteiger partial charge in [-0.2, -0.15) is 5.10 Å². The van der Waals surface area contributed by atoms with Gasteiger partial charge in [0.15, 0.2) is 0 Å². The number of carbonyl (C=O) groups excluding carboxylic acids is 1. The highest BCUT2D eigenvalue weighted by Crippen LogP contribution is 2.09. The lowest BCUT2D eigenvalue weighted by atomic mass is 10.1. The third-order valence-corrected chi connectivity index (χ3v) is 3.52. The first-order valence-corrected chi connectivity index (χ1v) is 7.74. The van der Waals surface area contributed by atoms with Gasteiger partial charge in [-0.3, -0.25) is 9.59 Å².